The maximum atomic E-state index is 12.8. The molecule has 0 amide bonds. The number of nitrogens with zero attached hydrogens (tertiary/aromatic N) is 1. The molecule has 0 aromatic carbocycles. The summed E-state index contributed by atoms with van der Waals surface area (Å²) in [7, 11) is 0. The fraction of sp³-hybridized carbons (Fsp3) is 0.952. The number of hydrogen-bond donors (Lipinski definition) is 0. The van der Waals surface area contributed by atoms with Gasteiger partial charge in [0.05, 0.1) is 31.8 Å². The lowest BCUT2D eigenvalue weighted by Crippen LogP contribution is -2.31. The van der Waals surface area contributed by atoms with Crippen molar-refractivity contribution in [3.05, 3.63) is 0 Å². The largest absolute Gasteiger partial charge is 0.466 e. The number of rotatable bonds is 36. The first-order chi connectivity index (χ1) is 24.0. The fourth-order valence-corrected chi connectivity index (χ4v) is 6.78. The summed E-state index contributed by atoms with van der Waals surface area (Å²) in [5.41, 5.74) is 0. The SMILES string of the molecule is CCCCCCCCCCCOC(=O)CCOC1CN(CC)CC1OCCCCC(=O)OC(CCCCCCCC)CCCCCCCC. The predicted octanol–water partition coefficient (Wildman–Crippen LogP) is 11.1. The van der Waals surface area contributed by atoms with Gasteiger partial charge in [-0.25, -0.2) is 0 Å². The second kappa shape index (κ2) is 33.9. The van der Waals surface area contributed by atoms with Crippen LogP contribution in [0.3, 0.4) is 0 Å². The van der Waals surface area contributed by atoms with E-state index in [4.69, 9.17) is 18.9 Å². The summed E-state index contributed by atoms with van der Waals surface area (Å²) < 4.78 is 23.9. The summed E-state index contributed by atoms with van der Waals surface area (Å²) >= 11 is 0. The van der Waals surface area contributed by atoms with Gasteiger partial charge in [-0.05, 0) is 51.5 Å². The Hall–Kier alpha value is -1.18. The highest BCUT2D eigenvalue weighted by atomic mass is 16.6. The number of carbonyl (C=O) groups is 2. The second-order valence-electron chi connectivity index (χ2n) is 14.7. The Morgan fingerprint density at radius 2 is 0.959 bits per heavy atom. The number of carbonyl (C=O) groups excluding carboxylic acids is 2. The third-order valence-corrected chi connectivity index (χ3v) is 10.1. The van der Waals surface area contributed by atoms with Crippen molar-refractivity contribution in [2.75, 3.05) is 39.5 Å². The lowest BCUT2D eigenvalue weighted by atomic mass is 10.0. The molecule has 7 nitrogen and oxygen atoms in total. The number of esters is 2. The smallest absolute Gasteiger partial charge is 0.308 e. The summed E-state index contributed by atoms with van der Waals surface area (Å²) in [6.07, 6.45) is 30.9. The molecule has 0 saturated carbocycles. The molecule has 0 bridgehead atoms. The normalized spacial score (nSPS) is 16.5. The number of ether oxygens (including phenoxy) is 4. The Bertz CT molecular complexity index is 733. The Morgan fingerprint density at radius 3 is 1.47 bits per heavy atom. The molecular formula is C42H81NO6. The molecule has 0 aromatic heterocycles. The van der Waals surface area contributed by atoms with Crippen LogP contribution in [0, 0.1) is 0 Å². The zero-order valence-electron chi connectivity index (χ0n) is 33.0. The topological polar surface area (TPSA) is 74.3 Å². The molecule has 0 aromatic rings. The molecule has 0 radical (unpaired) electrons. The molecule has 7 heteroatoms. The van der Waals surface area contributed by atoms with Gasteiger partial charge in [0.2, 0.25) is 0 Å². The van der Waals surface area contributed by atoms with E-state index >= 15 is 0 Å². The van der Waals surface area contributed by atoms with E-state index in [9.17, 15) is 9.59 Å². The number of likely N-dealkylation sites (tertiary alicyclic amines) is 1. The van der Waals surface area contributed by atoms with Gasteiger partial charge in [0.1, 0.15) is 6.10 Å². The first-order valence-corrected chi connectivity index (χ1v) is 21.3. The van der Waals surface area contributed by atoms with Crippen molar-refractivity contribution >= 4 is 11.9 Å². The van der Waals surface area contributed by atoms with E-state index in [1.807, 2.05) is 0 Å². The van der Waals surface area contributed by atoms with Crippen LogP contribution in [-0.4, -0.2) is 74.6 Å². The molecule has 2 atom stereocenters. The van der Waals surface area contributed by atoms with Gasteiger partial charge in [-0.1, -0.05) is 143 Å². The zero-order valence-corrected chi connectivity index (χ0v) is 33.0. The maximum absolute atomic E-state index is 12.8. The molecule has 1 saturated heterocycles. The quantitative estimate of drug-likeness (QED) is 0.0477. The highest BCUT2D eigenvalue weighted by Gasteiger charge is 2.33. The summed E-state index contributed by atoms with van der Waals surface area (Å²) in [6, 6.07) is 0. The molecular weight excluding hydrogens is 614 g/mol. The Morgan fingerprint density at radius 1 is 0.510 bits per heavy atom. The average Bonchev–Trinajstić information content (AvgIpc) is 3.50. The van der Waals surface area contributed by atoms with Crippen molar-refractivity contribution in [1.82, 2.24) is 4.90 Å². The van der Waals surface area contributed by atoms with E-state index in [1.165, 1.54) is 109 Å². The highest BCUT2D eigenvalue weighted by Crippen LogP contribution is 2.20. The minimum absolute atomic E-state index is 0.0103. The summed E-state index contributed by atoms with van der Waals surface area (Å²) in [6.45, 7) is 13.0. The Kier molecular flexibility index (Phi) is 31.7. The molecule has 1 aliphatic rings. The molecule has 0 aliphatic carbocycles. The van der Waals surface area contributed by atoms with E-state index in [2.05, 4.69) is 32.6 Å². The summed E-state index contributed by atoms with van der Waals surface area (Å²) in [4.78, 5) is 27.3. The van der Waals surface area contributed by atoms with Crippen LogP contribution in [-0.2, 0) is 28.5 Å². The van der Waals surface area contributed by atoms with Gasteiger partial charge in [-0.2, -0.15) is 0 Å². The summed E-state index contributed by atoms with van der Waals surface area (Å²) in [5, 5.41) is 0. The molecule has 0 N–H and O–H groups in total. The number of likely N-dealkylation sites (N-methyl/N-ethyl adjacent to an activating group) is 1. The van der Waals surface area contributed by atoms with Crippen molar-refractivity contribution in [3.8, 4) is 0 Å². The van der Waals surface area contributed by atoms with E-state index in [-0.39, 0.29) is 36.7 Å². The van der Waals surface area contributed by atoms with Crippen LogP contribution >= 0.6 is 0 Å². The maximum Gasteiger partial charge on any atom is 0.308 e. The fourth-order valence-electron chi connectivity index (χ4n) is 6.78. The standard InChI is InChI=1S/C42H81NO6/c1-5-9-12-15-18-19-20-23-27-34-48-41(44)32-35-47-40-37-43(8-4)36-39(40)46-33-28-26-31-42(45)49-38(29-24-21-16-13-10-6-2)30-25-22-17-14-11-7-3/h38-40H,5-37H2,1-4H3. The van der Waals surface area contributed by atoms with Gasteiger partial charge in [0.15, 0.2) is 0 Å². The van der Waals surface area contributed by atoms with Gasteiger partial charge < -0.3 is 18.9 Å². The minimum atomic E-state index is -0.171. The van der Waals surface area contributed by atoms with Gasteiger partial charge in [-0.15, -0.1) is 0 Å². The average molecular weight is 696 g/mol. The molecule has 0 spiro atoms. The van der Waals surface area contributed by atoms with Crippen LogP contribution in [0.5, 0.6) is 0 Å². The Labute approximate surface area is 303 Å². The monoisotopic (exact) mass is 696 g/mol. The van der Waals surface area contributed by atoms with Crippen LogP contribution in [0.15, 0.2) is 0 Å². The summed E-state index contributed by atoms with van der Waals surface area (Å²) in [5.74, 6) is -0.221. The molecule has 1 aliphatic heterocycles. The van der Waals surface area contributed by atoms with Crippen LogP contribution in [0.2, 0.25) is 0 Å². The van der Waals surface area contributed by atoms with E-state index in [0.717, 1.165) is 71.0 Å². The number of hydrogen-bond acceptors (Lipinski definition) is 7. The van der Waals surface area contributed by atoms with Gasteiger partial charge >= 0.3 is 11.9 Å². The first kappa shape index (κ1) is 45.8. The van der Waals surface area contributed by atoms with Gasteiger partial charge in [0.25, 0.3) is 0 Å². The van der Waals surface area contributed by atoms with Crippen LogP contribution in [0.25, 0.3) is 0 Å². The van der Waals surface area contributed by atoms with Crippen LogP contribution in [0.1, 0.15) is 201 Å². The van der Waals surface area contributed by atoms with Crippen molar-refractivity contribution < 1.29 is 28.5 Å². The van der Waals surface area contributed by atoms with Crippen molar-refractivity contribution in [2.24, 2.45) is 0 Å². The molecule has 290 valence electrons. The molecule has 1 heterocycles. The van der Waals surface area contributed by atoms with Crippen molar-refractivity contribution in [3.63, 3.8) is 0 Å². The van der Waals surface area contributed by atoms with E-state index in [1.54, 1.807) is 0 Å². The highest BCUT2D eigenvalue weighted by molar-refractivity contribution is 5.69. The van der Waals surface area contributed by atoms with E-state index < -0.39 is 0 Å². The third-order valence-electron chi connectivity index (χ3n) is 10.1. The first-order valence-electron chi connectivity index (χ1n) is 21.3. The zero-order chi connectivity index (χ0) is 35.6. The molecule has 49 heavy (non-hydrogen) atoms. The molecule has 1 rings (SSSR count). The molecule has 1 fully saturated rings. The third kappa shape index (κ3) is 27.2. The van der Waals surface area contributed by atoms with Crippen LogP contribution < -0.4 is 0 Å². The minimum Gasteiger partial charge on any atom is -0.466 e. The Balaban J connectivity index is 2.25. The van der Waals surface area contributed by atoms with Crippen molar-refractivity contribution in [2.45, 2.75) is 219 Å². The lowest BCUT2D eigenvalue weighted by molar-refractivity contribution is -0.150. The van der Waals surface area contributed by atoms with E-state index in [0.29, 0.717) is 26.2 Å². The van der Waals surface area contributed by atoms with Crippen molar-refractivity contribution in [1.29, 1.82) is 0 Å². The number of unbranched alkanes of at least 4 members (excludes halogenated alkanes) is 19. The second-order valence-corrected chi connectivity index (χ2v) is 14.7. The molecule has 2 unspecified atom stereocenters. The lowest BCUT2D eigenvalue weighted by Gasteiger charge is -2.20. The van der Waals surface area contributed by atoms with Gasteiger partial charge in [-0.3, -0.25) is 14.5 Å². The van der Waals surface area contributed by atoms with Gasteiger partial charge in [0, 0.05) is 26.1 Å². The van der Waals surface area contributed by atoms with Crippen LogP contribution in [0.4, 0.5) is 0 Å². The predicted molar refractivity (Wildman–Crippen MR) is 204 cm³/mol.